The van der Waals surface area contributed by atoms with Crippen molar-refractivity contribution < 1.29 is 9.53 Å². The third-order valence-corrected chi connectivity index (χ3v) is 4.05. The molecule has 1 saturated carbocycles. The number of carbonyl (C=O) groups excluding carboxylic acids is 1. The molecule has 0 aromatic heterocycles. The minimum atomic E-state index is -0.411. The average Bonchev–Trinajstić information content (AvgIpc) is 2.37. The lowest BCUT2D eigenvalue weighted by Gasteiger charge is -2.39. The molecule has 0 bridgehead atoms. The van der Waals surface area contributed by atoms with Gasteiger partial charge in [0.25, 0.3) is 0 Å². The van der Waals surface area contributed by atoms with Gasteiger partial charge in [-0.2, -0.15) is 0 Å². The number of hydrogen-bond acceptors (Lipinski definition) is 3. The highest BCUT2D eigenvalue weighted by atomic mass is 16.5. The van der Waals surface area contributed by atoms with Gasteiger partial charge in [-0.05, 0) is 51.0 Å². The lowest BCUT2D eigenvalue weighted by molar-refractivity contribution is -0.153. The molecule has 3 heteroatoms. The maximum absolute atomic E-state index is 12.2. The van der Waals surface area contributed by atoms with Crippen LogP contribution in [0.2, 0.25) is 0 Å². The molecule has 1 fully saturated rings. The first-order valence-electron chi connectivity index (χ1n) is 7.46. The zero-order valence-electron chi connectivity index (χ0n) is 12.4. The van der Waals surface area contributed by atoms with Crippen LogP contribution >= 0.6 is 0 Å². The van der Waals surface area contributed by atoms with E-state index in [-0.39, 0.29) is 5.97 Å². The highest BCUT2D eigenvalue weighted by Gasteiger charge is 2.42. The van der Waals surface area contributed by atoms with Crippen molar-refractivity contribution in [3.05, 3.63) is 0 Å². The van der Waals surface area contributed by atoms with Gasteiger partial charge in [-0.25, -0.2) is 0 Å². The number of hydrogen-bond donors (Lipinski definition) is 1. The van der Waals surface area contributed by atoms with Crippen LogP contribution in [0.25, 0.3) is 0 Å². The van der Waals surface area contributed by atoms with Gasteiger partial charge in [0.1, 0.15) is 5.54 Å². The zero-order valence-corrected chi connectivity index (χ0v) is 12.4. The van der Waals surface area contributed by atoms with Crippen LogP contribution in [0.4, 0.5) is 0 Å². The van der Waals surface area contributed by atoms with Crippen LogP contribution in [-0.2, 0) is 9.53 Å². The number of nitrogens with one attached hydrogen (secondary N) is 1. The topological polar surface area (TPSA) is 38.3 Å². The first-order valence-corrected chi connectivity index (χ1v) is 7.46. The Morgan fingerprint density at radius 2 is 1.94 bits per heavy atom. The highest BCUT2D eigenvalue weighted by molar-refractivity contribution is 5.81. The molecule has 1 aliphatic carbocycles. The summed E-state index contributed by atoms with van der Waals surface area (Å²) >= 11 is 0. The summed E-state index contributed by atoms with van der Waals surface area (Å²) < 4.78 is 5.28. The Morgan fingerprint density at radius 3 is 2.39 bits per heavy atom. The van der Waals surface area contributed by atoms with Crippen molar-refractivity contribution in [2.75, 3.05) is 13.2 Å². The molecule has 0 saturated heterocycles. The second-order valence-electron chi connectivity index (χ2n) is 5.93. The fourth-order valence-corrected chi connectivity index (χ4v) is 2.70. The molecule has 0 unspecified atom stereocenters. The van der Waals surface area contributed by atoms with Gasteiger partial charge in [-0.1, -0.05) is 27.2 Å². The van der Waals surface area contributed by atoms with E-state index in [2.05, 4.69) is 26.1 Å². The monoisotopic (exact) mass is 255 g/mol. The van der Waals surface area contributed by atoms with Gasteiger partial charge in [-0.3, -0.25) is 4.79 Å². The summed E-state index contributed by atoms with van der Waals surface area (Å²) in [6.07, 6.45) is 5.36. The molecule has 18 heavy (non-hydrogen) atoms. The SMILES string of the molecule is CCOC(=O)C1(NCC(C)C)CCC(CC)CC1. The maximum atomic E-state index is 12.2. The molecule has 0 aromatic carbocycles. The molecular formula is C15H29NO2. The van der Waals surface area contributed by atoms with Crippen molar-refractivity contribution in [1.82, 2.24) is 5.32 Å². The number of esters is 1. The Labute approximate surface area is 112 Å². The van der Waals surface area contributed by atoms with Crippen LogP contribution in [0.1, 0.15) is 59.8 Å². The molecule has 1 rings (SSSR count). The number of ether oxygens (including phenoxy) is 1. The summed E-state index contributed by atoms with van der Waals surface area (Å²) in [5, 5.41) is 3.49. The third-order valence-electron chi connectivity index (χ3n) is 4.05. The van der Waals surface area contributed by atoms with Crippen molar-refractivity contribution >= 4 is 5.97 Å². The van der Waals surface area contributed by atoms with E-state index in [0.29, 0.717) is 12.5 Å². The fourth-order valence-electron chi connectivity index (χ4n) is 2.70. The summed E-state index contributed by atoms with van der Waals surface area (Å²) in [4.78, 5) is 12.2. The highest BCUT2D eigenvalue weighted by Crippen LogP contribution is 2.34. The van der Waals surface area contributed by atoms with Gasteiger partial charge in [0.05, 0.1) is 6.61 Å². The van der Waals surface area contributed by atoms with E-state index in [1.807, 2.05) is 6.92 Å². The van der Waals surface area contributed by atoms with Crippen LogP contribution < -0.4 is 5.32 Å². The first kappa shape index (κ1) is 15.5. The molecule has 0 aromatic rings. The Hall–Kier alpha value is -0.570. The Morgan fingerprint density at radius 1 is 1.33 bits per heavy atom. The lowest BCUT2D eigenvalue weighted by Crippen LogP contribution is -2.55. The van der Waals surface area contributed by atoms with E-state index in [4.69, 9.17) is 4.74 Å². The molecule has 3 nitrogen and oxygen atoms in total. The van der Waals surface area contributed by atoms with Crippen LogP contribution in [0.3, 0.4) is 0 Å². The van der Waals surface area contributed by atoms with Crippen LogP contribution in [-0.4, -0.2) is 24.7 Å². The van der Waals surface area contributed by atoms with E-state index in [0.717, 1.165) is 38.1 Å². The normalized spacial score (nSPS) is 28.4. The van der Waals surface area contributed by atoms with Crippen molar-refractivity contribution in [1.29, 1.82) is 0 Å². The molecule has 0 aliphatic heterocycles. The van der Waals surface area contributed by atoms with Gasteiger partial charge in [0.2, 0.25) is 0 Å². The maximum Gasteiger partial charge on any atom is 0.326 e. The Kier molecular flexibility index (Phi) is 6.13. The molecule has 0 spiro atoms. The van der Waals surface area contributed by atoms with Gasteiger partial charge < -0.3 is 10.1 Å². The van der Waals surface area contributed by atoms with Gasteiger partial charge in [0, 0.05) is 0 Å². The molecular weight excluding hydrogens is 226 g/mol. The largest absolute Gasteiger partial charge is 0.465 e. The summed E-state index contributed by atoms with van der Waals surface area (Å²) in [6.45, 7) is 9.82. The fraction of sp³-hybridized carbons (Fsp3) is 0.933. The first-order chi connectivity index (χ1) is 8.54. The number of rotatable bonds is 6. The Balaban J connectivity index is 2.66. The minimum Gasteiger partial charge on any atom is -0.465 e. The van der Waals surface area contributed by atoms with Crippen molar-refractivity contribution in [2.24, 2.45) is 11.8 Å². The van der Waals surface area contributed by atoms with E-state index in [9.17, 15) is 4.79 Å². The molecule has 0 amide bonds. The molecule has 0 radical (unpaired) electrons. The van der Waals surface area contributed by atoms with Gasteiger partial charge in [0.15, 0.2) is 0 Å². The standard InChI is InChI=1S/C15H29NO2/c1-5-13-7-9-15(10-8-13,14(17)18-6-2)16-11-12(3)4/h12-13,16H,5-11H2,1-4H3. The summed E-state index contributed by atoms with van der Waals surface area (Å²) in [5.74, 6) is 1.30. The van der Waals surface area contributed by atoms with Crippen molar-refractivity contribution in [3.63, 3.8) is 0 Å². The second-order valence-corrected chi connectivity index (χ2v) is 5.93. The van der Waals surface area contributed by atoms with E-state index in [1.165, 1.54) is 6.42 Å². The average molecular weight is 255 g/mol. The molecule has 106 valence electrons. The predicted molar refractivity (Wildman–Crippen MR) is 74.5 cm³/mol. The molecule has 0 atom stereocenters. The third kappa shape index (κ3) is 3.98. The van der Waals surface area contributed by atoms with Crippen molar-refractivity contribution in [2.45, 2.75) is 65.3 Å². The summed E-state index contributed by atoms with van der Waals surface area (Å²) in [7, 11) is 0. The minimum absolute atomic E-state index is 0.0415. The lowest BCUT2D eigenvalue weighted by atomic mass is 9.75. The predicted octanol–water partition coefficient (Wildman–Crippen LogP) is 3.13. The van der Waals surface area contributed by atoms with Gasteiger partial charge in [-0.15, -0.1) is 0 Å². The second kappa shape index (κ2) is 7.13. The summed E-state index contributed by atoms with van der Waals surface area (Å²) in [5.41, 5.74) is -0.411. The van der Waals surface area contributed by atoms with E-state index < -0.39 is 5.54 Å². The molecule has 1 N–H and O–H groups in total. The zero-order chi connectivity index (χ0) is 13.6. The van der Waals surface area contributed by atoms with E-state index >= 15 is 0 Å². The van der Waals surface area contributed by atoms with E-state index in [1.54, 1.807) is 0 Å². The summed E-state index contributed by atoms with van der Waals surface area (Å²) in [6, 6.07) is 0. The van der Waals surface area contributed by atoms with Gasteiger partial charge >= 0.3 is 5.97 Å². The number of carbonyl (C=O) groups is 1. The van der Waals surface area contributed by atoms with Crippen LogP contribution in [0.15, 0.2) is 0 Å². The van der Waals surface area contributed by atoms with Crippen LogP contribution in [0.5, 0.6) is 0 Å². The Bertz CT molecular complexity index is 255. The molecule has 1 aliphatic rings. The molecule has 0 heterocycles. The van der Waals surface area contributed by atoms with Crippen molar-refractivity contribution in [3.8, 4) is 0 Å². The quantitative estimate of drug-likeness (QED) is 0.741. The van der Waals surface area contributed by atoms with Crippen LogP contribution in [0, 0.1) is 11.8 Å². The smallest absolute Gasteiger partial charge is 0.326 e.